The fourth-order valence-corrected chi connectivity index (χ4v) is 4.46. The first-order chi connectivity index (χ1) is 14.5. The van der Waals surface area contributed by atoms with E-state index in [-0.39, 0.29) is 35.9 Å². The van der Waals surface area contributed by atoms with E-state index in [0.29, 0.717) is 40.8 Å². The van der Waals surface area contributed by atoms with E-state index in [0.717, 1.165) is 11.3 Å². The molecule has 2 fully saturated rings. The van der Waals surface area contributed by atoms with Crippen molar-refractivity contribution in [3.8, 4) is 34.7 Å². The van der Waals surface area contributed by atoms with Gasteiger partial charge >= 0.3 is 5.97 Å². The topological polar surface area (TPSA) is 111 Å². The summed E-state index contributed by atoms with van der Waals surface area (Å²) < 4.78 is 23.2. The highest BCUT2D eigenvalue weighted by atomic mass is 32.1. The van der Waals surface area contributed by atoms with Crippen LogP contribution in [0.15, 0.2) is 18.2 Å². The number of carboxylic acids is 1. The van der Waals surface area contributed by atoms with Crippen LogP contribution in [-0.2, 0) is 14.2 Å². The summed E-state index contributed by atoms with van der Waals surface area (Å²) in [7, 11) is 0. The molecule has 2 aliphatic heterocycles. The average Bonchev–Trinajstić information content (AvgIpc) is 3.43. The molecule has 1 aromatic carbocycles. The summed E-state index contributed by atoms with van der Waals surface area (Å²) in [6.07, 6.45) is 4.05. The number of ether oxygens (including phenoxy) is 4. The third-order valence-corrected chi connectivity index (χ3v) is 6.15. The van der Waals surface area contributed by atoms with Crippen LogP contribution >= 0.6 is 11.3 Å². The van der Waals surface area contributed by atoms with Gasteiger partial charge in [0.25, 0.3) is 0 Å². The van der Waals surface area contributed by atoms with E-state index in [1.165, 1.54) is 0 Å². The summed E-state index contributed by atoms with van der Waals surface area (Å²) in [4.78, 5) is 15.7. The molecule has 2 saturated heterocycles. The number of nitriles is 1. The molecule has 0 aliphatic carbocycles. The van der Waals surface area contributed by atoms with E-state index in [1.54, 1.807) is 25.1 Å². The monoisotopic (exact) mass is 426 g/mol. The molecule has 154 valence electrons. The normalized spacial score (nSPS) is 24.8. The smallest absolute Gasteiger partial charge is 0.347 e. The molecule has 2 aliphatic rings. The van der Waals surface area contributed by atoms with Crippen molar-refractivity contribution in [3.05, 3.63) is 34.3 Å². The molecule has 2 aromatic rings. The number of fused-ring (bicyclic) bond motifs is 1. The van der Waals surface area contributed by atoms with Crippen LogP contribution in [-0.4, -0.2) is 60.3 Å². The number of carbonyl (C=O) groups is 1. The molecule has 0 bridgehead atoms. The number of rotatable bonds is 6. The van der Waals surface area contributed by atoms with Crippen molar-refractivity contribution in [2.75, 3.05) is 19.8 Å². The highest BCUT2D eigenvalue weighted by molar-refractivity contribution is 7.17. The van der Waals surface area contributed by atoms with Gasteiger partial charge in [-0.1, -0.05) is 5.92 Å². The number of aromatic nitrogens is 1. The highest BCUT2D eigenvalue weighted by Gasteiger charge is 2.49. The molecule has 8 nitrogen and oxygen atoms in total. The minimum absolute atomic E-state index is 0.179. The average molecular weight is 426 g/mol. The van der Waals surface area contributed by atoms with Gasteiger partial charge in [-0.15, -0.1) is 17.8 Å². The molecule has 9 heteroatoms. The van der Waals surface area contributed by atoms with Crippen LogP contribution in [0, 0.1) is 30.6 Å². The predicted molar refractivity (Wildman–Crippen MR) is 106 cm³/mol. The first-order valence-corrected chi connectivity index (χ1v) is 10.0. The van der Waals surface area contributed by atoms with Crippen molar-refractivity contribution < 1.29 is 28.8 Å². The van der Waals surface area contributed by atoms with Gasteiger partial charge in [0, 0.05) is 5.56 Å². The lowest BCUT2D eigenvalue weighted by molar-refractivity contribution is -0.0242. The van der Waals surface area contributed by atoms with Crippen molar-refractivity contribution >= 4 is 17.3 Å². The van der Waals surface area contributed by atoms with Gasteiger partial charge in [0.05, 0.1) is 24.5 Å². The van der Waals surface area contributed by atoms with Gasteiger partial charge in [0.15, 0.2) is 6.10 Å². The first kappa shape index (κ1) is 20.3. The van der Waals surface area contributed by atoms with Crippen molar-refractivity contribution in [1.29, 1.82) is 5.26 Å². The molecule has 0 amide bonds. The number of carboxylic acid groups (broad SMARTS) is 1. The summed E-state index contributed by atoms with van der Waals surface area (Å²) in [5, 5.41) is 19.4. The Hall–Kier alpha value is -2.95. The van der Waals surface area contributed by atoms with Gasteiger partial charge in [0.1, 0.15) is 46.6 Å². The number of benzene rings is 1. The Labute approximate surface area is 177 Å². The standard InChI is InChI=1S/C21H18N2O6S/c1-3-6-26-15-9-27-18-16(10-28-17(15)18)29-14-5-4-12(7-13(14)8-22)20-23-11(2)19(30-20)21(24)25/h1,4-5,7,15-18H,6,9-10H2,2H3,(H,24,25)/t15-,16-,17+,18+/m0/s1. The number of hydrogen-bond donors (Lipinski definition) is 1. The molecule has 0 radical (unpaired) electrons. The Morgan fingerprint density at radius 2 is 2.10 bits per heavy atom. The number of hydrogen-bond acceptors (Lipinski definition) is 8. The maximum atomic E-state index is 11.3. The summed E-state index contributed by atoms with van der Waals surface area (Å²) >= 11 is 1.07. The van der Waals surface area contributed by atoms with E-state index in [9.17, 15) is 15.2 Å². The van der Waals surface area contributed by atoms with Gasteiger partial charge in [-0.3, -0.25) is 0 Å². The molecule has 0 saturated carbocycles. The largest absolute Gasteiger partial charge is 0.484 e. The zero-order valence-electron chi connectivity index (χ0n) is 16.0. The number of nitrogens with zero attached hydrogens (tertiary/aromatic N) is 2. The fourth-order valence-electron chi connectivity index (χ4n) is 3.56. The highest BCUT2D eigenvalue weighted by Crippen LogP contribution is 2.35. The first-order valence-electron chi connectivity index (χ1n) is 9.22. The maximum Gasteiger partial charge on any atom is 0.347 e. The Morgan fingerprint density at radius 1 is 1.37 bits per heavy atom. The second kappa shape index (κ2) is 8.42. The Bertz CT molecular complexity index is 1050. The van der Waals surface area contributed by atoms with E-state index < -0.39 is 5.97 Å². The second-order valence-corrected chi connectivity index (χ2v) is 7.87. The van der Waals surface area contributed by atoms with Crippen molar-refractivity contribution in [2.24, 2.45) is 0 Å². The molecule has 0 spiro atoms. The lowest BCUT2D eigenvalue weighted by atomic mass is 10.1. The van der Waals surface area contributed by atoms with Crippen LogP contribution in [0.4, 0.5) is 0 Å². The number of aryl methyl sites for hydroxylation is 1. The minimum atomic E-state index is -1.02. The van der Waals surface area contributed by atoms with E-state index >= 15 is 0 Å². The van der Waals surface area contributed by atoms with Crippen LogP contribution in [0.25, 0.3) is 10.6 Å². The van der Waals surface area contributed by atoms with Crippen LogP contribution < -0.4 is 4.74 Å². The number of terminal acetylenes is 1. The molecule has 4 atom stereocenters. The predicted octanol–water partition coefficient (Wildman–Crippen LogP) is 2.25. The third kappa shape index (κ3) is 3.76. The SMILES string of the molecule is C#CCO[C@H]1CO[C@H]2[C@@H]1OC[C@@H]2Oc1ccc(-c2nc(C)c(C(=O)O)s2)cc1C#N. The van der Waals surface area contributed by atoms with Gasteiger partial charge < -0.3 is 24.1 Å². The zero-order chi connectivity index (χ0) is 21.3. The molecule has 1 N–H and O–H groups in total. The van der Waals surface area contributed by atoms with Gasteiger partial charge in [-0.25, -0.2) is 9.78 Å². The van der Waals surface area contributed by atoms with Crippen molar-refractivity contribution in [2.45, 2.75) is 31.3 Å². The minimum Gasteiger partial charge on any atom is -0.484 e. The van der Waals surface area contributed by atoms with E-state index in [1.807, 2.05) is 0 Å². The van der Waals surface area contributed by atoms with Crippen LogP contribution in [0.1, 0.15) is 20.9 Å². The van der Waals surface area contributed by atoms with E-state index in [2.05, 4.69) is 17.0 Å². The van der Waals surface area contributed by atoms with Crippen LogP contribution in [0.3, 0.4) is 0 Å². The summed E-state index contributed by atoms with van der Waals surface area (Å²) in [5.41, 5.74) is 1.41. The quantitative estimate of drug-likeness (QED) is 0.700. The third-order valence-electron chi connectivity index (χ3n) is 4.96. The number of thiazole rings is 1. The lowest BCUT2D eigenvalue weighted by Crippen LogP contribution is -2.35. The Morgan fingerprint density at radius 3 is 2.77 bits per heavy atom. The van der Waals surface area contributed by atoms with Crippen LogP contribution in [0.5, 0.6) is 5.75 Å². The van der Waals surface area contributed by atoms with Gasteiger partial charge in [0.2, 0.25) is 0 Å². The molecule has 3 heterocycles. The summed E-state index contributed by atoms with van der Waals surface area (Å²) in [5.74, 6) is 1.81. The fraction of sp³-hybridized carbons (Fsp3) is 0.381. The molecular formula is C21H18N2O6S. The summed E-state index contributed by atoms with van der Waals surface area (Å²) in [6.45, 7) is 2.51. The Balaban J connectivity index is 1.51. The van der Waals surface area contributed by atoms with E-state index in [4.69, 9.17) is 25.4 Å². The lowest BCUT2D eigenvalue weighted by Gasteiger charge is -2.19. The molecule has 0 unspecified atom stereocenters. The molecule has 1 aromatic heterocycles. The summed E-state index contributed by atoms with van der Waals surface area (Å²) in [6, 6.07) is 7.20. The molecule has 4 rings (SSSR count). The van der Waals surface area contributed by atoms with Gasteiger partial charge in [-0.2, -0.15) is 5.26 Å². The van der Waals surface area contributed by atoms with Crippen molar-refractivity contribution in [1.82, 2.24) is 4.98 Å². The van der Waals surface area contributed by atoms with Gasteiger partial charge in [-0.05, 0) is 25.1 Å². The molecule has 30 heavy (non-hydrogen) atoms. The zero-order valence-corrected chi connectivity index (χ0v) is 16.8. The second-order valence-electron chi connectivity index (χ2n) is 6.87. The molecular weight excluding hydrogens is 408 g/mol. The van der Waals surface area contributed by atoms with Crippen molar-refractivity contribution in [3.63, 3.8) is 0 Å². The maximum absolute atomic E-state index is 11.3. The Kier molecular flexibility index (Phi) is 5.71. The van der Waals surface area contributed by atoms with Crippen LogP contribution in [0.2, 0.25) is 0 Å². The number of aromatic carboxylic acids is 1.